The number of aliphatic hydroxyl groups excluding tert-OH is 1. The quantitative estimate of drug-likeness (QED) is 0.312. The Bertz CT molecular complexity index is 1090. The molecule has 0 bridgehead atoms. The van der Waals surface area contributed by atoms with Crippen molar-refractivity contribution in [1.82, 2.24) is 9.80 Å². The topological polar surface area (TPSA) is 88.5 Å². The lowest BCUT2D eigenvalue weighted by Crippen LogP contribution is -2.32. The van der Waals surface area contributed by atoms with Gasteiger partial charge in [-0.15, -0.1) is 0 Å². The van der Waals surface area contributed by atoms with E-state index in [0.717, 1.165) is 6.54 Å². The zero-order valence-electron chi connectivity index (χ0n) is 21.2. The van der Waals surface area contributed by atoms with E-state index >= 15 is 0 Å². The van der Waals surface area contributed by atoms with Crippen LogP contribution in [0.5, 0.6) is 17.2 Å². The van der Waals surface area contributed by atoms with Crippen LogP contribution in [0.25, 0.3) is 5.76 Å². The largest absolute Gasteiger partial charge is 0.507 e. The van der Waals surface area contributed by atoms with Crippen molar-refractivity contribution in [1.29, 1.82) is 0 Å². The molecule has 0 spiro atoms. The molecule has 0 radical (unpaired) electrons. The summed E-state index contributed by atoms with van der Waals surface area (Å²) in [5, 5.41) is 11.2. The van der Waals surface area contributed by atoms with Crippen molar-refractivity contribution >= 4 is 17.4 Å². The number of benzene rings is 2. The minimum Gasteiger partial charge on any atom is -0.507 e. The van der Waals surface area contributed by atoms with Crippen LogP contribution in [0.4, 0.5) is 0 Å². The lowest BCUT2D eigenvalue weighted by Gasteiger charge is -2.26. The Morgan fingerprint density at radius 3 is 2.26 bits per heavy atom. The number of Topliss-reactive ketones (excluding diaryl/α,β-unsaturated/α-hetero) is 1. The Morgan fingerprint density at radius 1 is 1.03 bits per heavy atom. The number of rotatable bonds is 10. The van der Waals surface area contributed by atoms with Crippen LogP contribution >= 0.6 is 0 Å². The minimum absolute atomic E-state index is 0.00647. The van der Waals surface area contributed by atoms with Crippen molar-refractivity contribution in [2.75, 3.05) is 41.4 Å². The van der Waals surface area contributed by atoms with Gasteiger partial charge in [-0.2, -0.15) is 0 Å². The monoisotopic (exact) mass is 482 g/mol. The van der Waals surface area contributed by atoms with Gasteiger partial charge in [-0.1, -0.05) is 6.07 Å². The van der Waals surface area contributed by atoms with Gasteiger partial charge < -0.3 is 29.1 Å². The SMILES string of the molecule is COc1ccc([C@@H]2C(=C(O)c3ccc(OC(C)C)cc3)C(=O)C(=O)N2CCCN(C)C)cc1OC. The Kier molecular flexibility index (Phi) is 8.40. The van der Waals surface area contributed by atoms with E-state index in [4.69, 9.17) is 14.2 Å². The summed E-state index contributed by atoms with van der Waals surface area (Å²) in [6.07, 6.45) is 0.678. The van der Waals surface area contributed by atoms with Crippen LogP contribution in [-0.2, 0) is 9.59 Å². The fourth-order valence-corrected chi connectivity index (χ4v) is 4.16. The maximum Gasteiger partial charge on any atom is 0.295 e. The minimum atomic E-state index is -0.761. The van der Waals surface area contributed by atoms with Gasteiger partial charge in [-0.3, -0.25) is 9.59 Å². The fourth-order valence-electron chi connectivity index (χ4n) is 4.16. The van der Waals surface area contributed by atoms with E-state index in [2.05, 4.69) is 0 Å². The summed E-state index contributed by atoms with van der Waals surface area (Å²) >= 11 is 0. The highest BCUT2D eigenvalue weighted by atomic mass is 16.5. The van der Waals surface area contributed by atoms with Crippen molar-refractivity contribution in [2.45, 2.75) is 32.4 Å². The van der Waals surface area contributed by atoms with Crippen LogP contribution in [0, 0.1) is 0 Å². The molecule has 1 saturated heterocycles. The average Bonchev–Trinajstić information content (AvgIpc) is 3.08. The number of ether oxygens (including phenoxy) is 3. The predicted octanol–water partition coefficient (Wildman–Crippen LogP) is 3.86. The van der Waals surface area contributed by atoms with Gasteiger partial charge in [-0.05, 0) is 82.9 Å². The maximum absolute atomic E-state index is 13.2. The molecule has 0 aliphatic carbocycles. The number of ketones is 1. The molecule has 2 aromatic rings. The third kappa shape index (κ3) is 5.77. The van der Waals surface area contributed by atoms with Crippen LogP contribution in [0.1, 0.15) is 37.4 Å². The first kappa shape index (κ1) is 26.1. The number of carbonyl (C=O) groups is 2. The summed E-state index contributed by atoms with van der Waals surface area (Å²) in [6, 6.07) is 11.3. The number of likely N-dealkylation sites (tertiary alicyclic amines) is 1. The Morgan fingerprint density at radius 2 is 1.69 bits per heavy atom. The third-order valence-electron chi connectivity index (χ3n) is 5.77. The molecule has 1 heterocycles. The summed E-state index contributed by atoms with van der Waals surface area (Å²) < 4.78 is 16.5. The predicted molar refractivity (Wildman–Crippen MR) is 134 cm³/mol. The van der Waals surface area contributed by atoms with Crippen LogP contribution in [0.3, 0.4) is 0 Å². The first-order chi connectivity index (χ1) is 16.7. The van der Waals surface area contributed by atoms with Gasteiger partial charge in [0.25, 0.3) is 11.7 Å². The number of aliphatic hydroxyl groups is 1. The van der Waals surface area contributed by atoms with Crippen LogP contribution < -0.4 is 14.2 Å². The van der Waals surface area contributed by atoms with Crippen LogP contribution in [-0.4, -0.2) is 74.1 Å². The van der Waals surface area contributed by atoms with E-state index in [-0.39, 0.29) is 17.4 Å². The molecule has 1 N–H and O–H groups in total. The molecule has 3 rings (SSSR count). The van der Waals surface area contributed by atoms with Crippen LogP contribution in [0.2, 0.25) is 0 Å². The molecular weight excluding hydrogens is 448 g/mol. The number of hydrogen-bond donors (Lipinski definition) is 1. The first-order valence-corrected chi connectivity index (χ1v) is 11.6. The molecule has 1 aliphatic heterocycles. The number of hydrogen-bond acceptors (Lipinski definition) is 7. The van der Waals surface area contributed by atoms with Crippen molar-refractivity contribution in [3.8, 4) is 17.2 Å². The third-order valence-corrected chi connectivity index (χ3v) is 5.77. The summed E-state index contributed by atoms with van der Waals surface area (Å²) in [5.74, 6) is 0.0755. The smallest absolute Gasteiger partial charge is 0.295 e. The summed E-state index contributed by atoms with van der Waals surface area (Å²) in [4.78, 5) is 29.8. The molecule has 8 heteroatoms. The average molecular weight is 483 g/mol. The molecule has 1 atom stereocenters. The van der Waals surface area contributed by atoms with Crippen molar-refractivity contribution in [2.24, 2.45) is 0 Å². The summed E-state index contributed by atoms with van der Waals surface area (Å²) in [7, 11) is 6.97. The van der Waals surface area contributed by atoms with Gasteiger partial charge in [0, 0.05) is 12.1 Å². The zero-order valence-corrected chi connectivity index (χ0v) is 21.2. The normalized spacial score (nSPS) is 17.4. The Labute approximate surface area is 206 Å². The van der Waals surface area contributed by atoms with E-state index < -0.39 is 17.7 Å². The summed E-state index contributed by atoms with van der Waals surface area (Å²) in [6.45, 7) is 4.96. The molecule has 0 aromatic heterocycles. The lowest BCUT2D eigenvalue weighted by atomic mass is 9.95. The fraction of sp³-hybridized carbons (Fsp3) is 0.407. The number of amides is 1. The van der Waals surface area contributed by atoms with E-state index in [9.17, 15) is 14.7 Å². The molecule has 0 unspecified atom stereocenters. The van der Waals surface area contributed by atoms with Gasteiger partial charge in [0.1, 0.15) is 11.5 Å². The van der Waals surface area contributed by atoms with Crippen molar-refractivity contribution in [3.63, 3.8) is 0 Å². The van der Waals surface area contributed by atoms with Gasteiger partial charge in [0.2, 0.25) is 0 Å². The molecule has 0 saturated carbocycles. The first-order valence-electron chi connectivity index (χ1n) is 11.6. The van der Waals surface area contributed by atoms with E-state index in [0.29, 0.717) is 41.3 Å². The number of methoxy groups -OCH3 is 2. The van der Waals surface area contributed by atoms with E-state index in [1.54, 1.807) is 42.5 Å². The molecule has 188 valence electrons. The van der Waals surface area contributed by atoms with Crippen LogP contribution in [0.15, 0.2) is 48.0 Å². The zero-order chi connectivity index (χ0) is 25.7. The molecule has 1 fully saturated rings. The maximum atomic E-state index is 13.2. The Balaban J connectivity index is 2.09. The standard InChI is InChI=1S/C27H34N2O6/c1-17(2)35-20-11-8-18(9-12-20)25(30)23-24(19-10-13-21(33-5)22(16-19)34-6)29(27(32)26(23)31)15-7-14-28(3)4/h8-13,16-17,24,30H,7,14-15H2,1-6H3/t24-/m1/s1. The second kappa shape index (κ2) is 11.3. The van der Waals surface area contributed by atoms with Crippen molar-refractivity contribution in [3.05, 3.63) is 59.2 Å². The van der Waals surface area contributed by atoms with Crippen molar-refractivity contribution < 1.29 is 28.9 Å². The molecule has 1 amide bonds. The molecule has 35 heavy (non-hydrogen) atoms. The Hall–Kier alpha value is -3.52. The highest BCUT2D eigenvalue weighted by Crippen LogP contribution is 2.42. The van der Waals surface area contributed by atoms with Gasteiger partial charge in [-0.25, -0.2) is 0 Å². The second-order valence-electron chi connectivity index (χ2n) is 8.95. The number of nitrogens with zero attached hydrogens (tertiary/aromatic N) is 2. The van der Waals surface area contributed by atoms with E-state index in [1.165, 1.54) is 19.1 Å². The second-order valence-corrected chi connectivity index (χ2v) is 8.95. The molecule has 8 nitrogen and oxygen atoms in total. The highest BCUT2D eigenvalue weighted by molar-refractivity contribution is 6.46. The highest BCUT2D eigenvalue weighted by Gasteiger charge is 2.46. The lowest BCUT2D eigenvalue weighted by molar-refractivity contribution is -0.139. The van der Waals surface area contributed by atoms with E-state index in [1.807, 2.05) is 32.8 Å². The molecular formula is C27H34N2O6. The molecule has 2 aromatic carbocycles. The van der Waals surface area contributed by atoms with Gasteiger partial charge in [0.05, 0.1) is 31.9 Å². The van der Waals surface area contributed by atoms with Gasteiger partial charge >= 0.3 is 0 Å². The molecule has 1 aliphatic rings. The summed E-state index contributed by atoms with van der Waals surface area (Å²) in [5.41, 5.74) is 1.12. The number of carbonyl (C=O) groups excluding carboxylic acids is 2. The van der Waals surface area contributed by atoms with Gasteiger partial charge in [0.15, 0.2) is 11.5 Å².